The fourth-order valence-electron chi connectivity index (χ4n) is 2.11. The number of nitrogens with zero attached hydrogens (tertiary/aromatic N) is 1. The van der Waals surface area contributed by atoms with Crippen molar-refractivity contribution in [2.24, 2.45) is 5.73 Å². The van der Waals surface area contributed by atoms with Crippen molar-refractivity contribution >= 4 is 34.0 Å². The van der Waals surface area contributed by atoms with Crippen LogP contribution in [0.3, 0.4) is 0 Å². The number of morpholine rings is 1. The topological polar surface area (TPSA) is 38.5 Å². The van der Waals surface area contributed by atoms with E-state index in [1.807, 2.05) is 6.92 Å². The van der Waals surface area contributed by atoms with Crippen LogP contribution < -0.4 is 10.6 Å². The van der Waals surface area contributed by atoms with Gasteiger partial charge in [-0.2, -0.15) is 0 Å². The molecule has 3 nitrogen and oxygen atoms in total. The van der Waals surface area contributed by atoms with E-state index >= 15 is 0 Å². The maximum Gasteiger partial charge on any atom is 0.0642 e. The smallest absolute Gasteiger partial charge is 0.0642 e. The van der Waals surface area contributed by atoms with Crippen molar-refractivity contribution < 1.29 is 4.74 Å². The van der Waals surface area contributed by atoms with E-state index in [1.165, 1.54) is 11.3 Å². The first kappa shape index (κ1) is 15.8. The lowest BCUT2D eigenvalue weighted by Gasteiger charge is -2.30. The van der Waals surface area contributed by atoms with Gasteiger partial charge in [-0.3, -0.25) is 0 Å². The van der Waals surface area contributed by atoms with Crippen LogP contribution in [0, 0.1) is 0 Å². The third-order valence-corrected chi connectivity index (χ3v) is 3.56. The Kier molecular flexibility index (Phi) is 6.43. The van der Waals surface area contributed by atoms with Crippen molar-refractivity contribution in [3.8, 4) is 0 Å². The molecule has 1 saturated heterocycles. The number of rotatable bonds is 3. The summed E-state index contributed by atoms with van der Waals surface area (Å²) in [6, 6.07) is 6.72. The summed E-state index contributed by atoms with van der Waals surface area (Å²) < 4.78 is 6.51. The van der Waals surface area contributed by atoms with Crippen molar-refractivity contribution in [2.45, 2.75) is 19.4 Å². The van der Waals surface area contributed by atoms with E-state index in [4.69, 9.17) is 10.5 Å². The fraction of sp³-hybridized carbons (Fsp3) is 0.538. The molecule has 18 heavy (non-hydrogen) atoms. The second kappa shape index (κ2) is 7.34. The highest BCUT2D eigenvalue weighted by Crippen LogP contribution is 2.28. The van der Waals surface area contributed by atoms with Crippen molar-refractivity contribution in [3.63, 3.8) is 0 Å². The third-order valence-electron chi connectivity index (χ3n) is 2.92. The second-order valence-electron chi connectivity index (χ2n) is 4.57. The highest BCUT2D eigenvalue weighted by Gasteiger charge is 2.14. The first-order valence-electron chi connectivity index (χ1n) is 6.03. The fourth-order valence-corrected chi connectivity index (χ4v) is 2.79. The minimum absolute atomic E-state index is 0. The summed E-state index contributed by atoms with van der Waals surface area (Å²) >= 11 is 3.65. The van der Waals surface area contributed by atoms with Crippen LogP contribution in [0.4, 0.5) is 5.69 Å². The molecular formula is C13H20BrClN2O. The second-order valence-corrected chi connectivity index (χ2v) is 5.42. The number of hydrogen-bond acceptors (Lipinski definition) is 3. The molecule has 0 saturated carbocycles. The van der Waals surface area contributed by atoms with Gasteiger partial charge in [0.15, 0.2) is 0 Å². The zero-order valence-corrected chi connectivity index (χ0v) is 13.0. The van der Waals surface area contributed by atoms with Gasteiger partial charge in [0.2, 0.25) is 0 Å². The van der Waals surface area contributed by atoms with Crippen molar-refractivity contribution in [1.29, 1.82) is 0 Å². The van der Waals surface area contributed by atoms with Crippen molar-refractivity contribution in [1.82, 2.24) is 0 Å². The molecule has 1 aromatic carbocycles. The summed E-state index contributed by atoms with van der Waals surface area (Å²) in [4.78, 5) is 2.35. The number of halogens is 2. The first-order chi connectivity index (χ1) is 8.16. The molecule has 0 radical (unpaired) electrons. The normalized spacial score (nSPS) is 17.2. The molecule has 0 aliphatic carbocycles. The van der Waals surface area contributed by atoms with E-state index in [9.17, 15) is 0 Å². The molecule has 5 heteroatoms. The lowest BCUT2D eigenvalue weighted by Crippen LogP contribution is -2.36. The number of benzene rings is 1. The molecule has 1 aromatic rings. The minimum atomic E-state index is 0. The molecule has 1 fully saturated rings. The maximum atomic E-state index is 5.81. The van der Waals surface area contributed by atoms with Gasteiger partial charge in [0.1, 0.15) is 0 Å². The van der Waals surface area contributed by atoms with Gasteiger partial charge in [0, 0.05) is 23.6 Å². The highest BCUT2D eigenvalue weighted by atomic mass is 79.9. The molecule has 1 heterocycles. The largest absolute Gasteiger partial charge is 0.378 e. The number of ether oxygens (including phenoxy) is 1. The summed E-state index contributed by atoms with van der Waals surface area (Å²) in [6.07, 6.45) is 0.919. The van der Waals surface area contributed by atoms with Crippen LogP contribution in [0.25, 0.3) is 0 Å². The van der Waals surface area contributed by atoms with Crippen LogP contribution in [0.5, 0.6) is 0 Å². The van der Waals surface area contributed by atoms with Gasteiger partial charge in [-0.15, -0.1) is 12.4 Å². The molecule has 1 aliphatic heterocycles. The predicted molar refractivity (Wildman–Crippen MR) is 81.8 cm³/mol. The minimum Gasteiger partial charge on any atom is -0.378 e. The Hall–Kier alpha value is -0.290. The van der Waals surface area contributed by atoms with Crippen molar-refractivity contribution in [3.05, 3.63) is 28.2 Å². The number of nitrogens with two attached hydrogens (primary N) is 1. The predicted octanol–water partition coefficient (Wildman–Crippen LogP) is 2.60. The molecule has 2 N–H and O–H groups in total. The van der Waals surface area contributed by atoms with E-state index in [1.54, 1.807) is 0 Å². The summed E-state index contributed by atoms with van der Waals surface area (Å²) in [5.41, 5.74) is 8.35. The summed E-state index contributed by atoms with van der Waals surface area (Å²) in [6.45, 7) is 5.59. The van der Waals surface area contributed by atoms with E-state index in [2.05, 4.69) is 39.0 Å². The van der Waals surface area contributed by atoms with Crippen LogP contribution in [0.2, 0.25) is 0 Å². The Morgan fingerprint density at radius 3 is 2.61 bits per heavy atom. The van der Waals surface area contributed by atoms with Gasteiger partial charge in [-0.25, -0.2) is 0 Å². The Morgan fingerprint density at radius 1 is 1.39 bits per heavy atom. The Morgan fingerprint density at radius 2 is 2.06 bits per heavy atom. The van der Waals surface area contributed by atoms with E-state index in [-0.39, 0.29) is 18.4 Å². The average molecular weight is 336 g/mol. The zero-order valence-electron chi connectivity index (χ0n) is 10.6. The molecule has 0 bridgehead atoms. The quantitative estimate of drug-likeness (QED) is 0.923. The van der Waals surface area contributed by atoms with E-state index in [0.717, 1.165) is 37.2 Å². The third kappa shape index (κ3) is 4.12. The van der Waals surface area contributed by atoms with E-state index < -0.39 is 0 Å². The summed E-state index contributed by atoms with van der Waals surface area (Å²) in [7, 11) is 0. The summed E-state index contributed by atoms with van der Waals surface area (Å²) in [5, 5.41) is 0. The highest BCUT2D eigenvalue weighted by molar-refractivity contribution is 9.10. The van der Waals surface area contributed by atoms with Gasteiger partial charge in [-0.1, -0.05) is 6.07 Å². The van der Waals surface area contributed by atoms with E-state index in [0.29, 0.717) is 0 Å². The lowest BCUT2D eigenvalue weighted by molar-refractivity contribution is 0.122. The monoisotopic (exact) mass is 334 g/mol. The molecular weight excluding hydrogens is 316 g/mol. The Labute approximate surface area is 123 Å². The standard InChI is InChI=1S/C13H19BrN2O.ClH/c1-10(15)8-11-2-3-13(12(14)9-11)16-4-6-17-7-5-16;/h2-3,9-10H,4-8,15H2,1H3;1H. The average Bonchev–Trinajstić information content (AvgIpc) is 2.29. The van der Waals surface area contributed by atoms with Gasteiger partial charge in [-0.05, 0) is 47.0 Å². The molecule has 0 amide bonds. The SMILES string of the molecule is CC(N)Cc1ccc(N2CCOCC2)c(Br)c1.Cl. The van der Waals surface area contributed by atoms with Crippen LogP contribution in [0.1, 0.15) is 12.5 Å². The molecule has 102 valence electrons. The van der Waals surface area contributed by atoms with Crippen LogP contribution in [-0.2, 0) is 11.2 Å². The van der Waals surface area contributed by atoms with Crippen LogP contribution >= 0.6 is 28.3 Å². The molecule has 1 unspecified atom stereocenters. The van der Waals surface area contributed by atoms with Crippen LogP contribution in [0.15, 0.2) is 22.7 Å². The summed E-state index contributed by atoms with van der Waals surface area (Å²) in [5.74, 6) is 0. The molecule has 1 atom stereocenters. The molecule has 0 aromatic heterocycles. The lowest BCUT2D eigenvalue weighted by atomic mass is 10.1. The van der Waals surface area contributed by atoms with Crippen molar-refractivity contribution in [2.75, 3.05) is 31.2 Å². The number of anilines is 1. The molecule has 2 rings (SSSR count). The van der Waals surface area contributed by atoms with Gasteiger partial charge < -0.3 is 15.4 Å². The van der Waals surface area contributed by atoms with Gasteiger partial charge in [0.25, 0.3) is 0 Å². The zero-order chi connectivity index (χ0) is 12.3. The molecule has 0 spiro atoms. The van der Waals surface area contributed by atoms with Gasteiger partial charge >= 0.3 is 0 Å². The number of hydrogen-bond donors (Lipinski definition) is 1. The molecule has 1 aliphatic rings. The maximum absolute atomic E-state index is 5.81. The Bertz CT molecular complexity index is 381. The Balaban J connectivity index is 0.00000162. The van der Waals surface area contributed by atoms with Crippen LogP contribution in [-0.4, -0.2) is 32.3 Å². The van der Waals surface area contributed by atoms with Gasteiger partial charge in [0.05, 0.1) is 18.9 Å². The first-order valence-corrected chi connectivity index (χ1v) is 6.83.